The Hall–Kier alpha value is -4.66. The van der Waals surface area contributed by atoms with Crippen molar-refractivity contribution in [3.63, 3.8) is 0 Å². The van der Waals surface area contributed by atoms with Gasteiger partial charge in [-0.3, -0.25) is 0 Å². The lowest BCUT2D eigenvalue weighted by molar-refractivity contribution is 0.976. The van der Waals surface area contributed by atoms with Crippen molar-refractivity contribution in [3.8, 4) is 22.3 Å². The molecular formula is C37H27NS. The van der Waals surface area contributed by atoms with Crippen LogP contribution in [0.15, 0.2) is 152 Å². The van der Waals surface area contributed by atoms with E-state index in [4.69, 9.17) is 0 Å². The summed E-state index contributed by atoms with van der Waals surface area (Å²) in [6.45, 7) is 0.794. The van der Waals surface area contributed by atoms with E-state index in [-0.39, 0.29) is 0 Å². The Morgan fingerprint density at radius 3 is 1.79 bits per heavy atom. The largest absolute Gasteiger partial charge is 0.337 e. The van der Waals surface area contributed by atoms with Crippen molar-refractivity contribution in [3.05, 3.63) is 157 Å². The Morgan fingerprint density at radius 2 is 1.03 bits per heavy atom. The van der Waals surface area contributed by atoms with Gasteiger partial charge in [0.1, 0.15) is 0 Å². The van der Waals surface area contributed by atoms with Gasteiger partial charge in [-0.1, -0.05) is 121 Å². The maximum atomic E-state index is 2.39. The van der Waals surface area contributed by atoms with Gasteiger partial charge in [-0.05, 0) is 58.1 Å². The lowest BCUT2D eigenvalue weighted by Gasteiger charge is -2.25. The van der Waals surface area contributed by atoms with Crippen LogP contribution in [0.1, 0.15) is 5.56 Å². The van der Waals surface area contributed by atoms with Crippen LogP contribution in [-0.2, 0) is 6.54 Å². The van der Waals surface area contributed by atoms with Gasteiger partial charge in [-0.25, -0.2) is 0 Å². The molecule has 0 spiro atoms. The van der Waals surface area contributed by atoms with Gasteiger partial charge >= 0.3 is 0 Å². The summed E-state index contributed by atoms with van der Waals surface area (Å²) in [4.78, 5) is 2.39. The average Bonchev–Trinajstić information content (AvgIpc) is 3.40. The first-order valence-electron chi connectivity index (χ1n) is 13.3. The van der Waals surface area contributed by atoms with Crippen molar-refractivity contribution < 1.29 is 0 Å². The molecule has 186 valence electrons. The molecule has 0 aliphatic carbocycles. The number of fused-ring (bicyclic) bond motifs is 3. The monoisotopic (exact) mass is 517 g/mol. The topological polar surface area (TPSA) is 3.24 Å². The van der Waals surface area contributed by atoms with Gasteiger partial charge in [0.05, 0.1) is 0 Å². The minimum Gasteiger partial charge on any atom is -0.337 e. The minimum absolute atomic E-state index is 0.794. The van der Waals surface area contributed by atoms with E-state index in [1.54, 1.807) is 0 Å². The van der Waals surface area contributed by atoms with Crippen LogP contribution in [0.4, 0.5) is 11.4 Å². The van der Waals surface area contributed by atoms with E-state index in [0.717, 1.165) is 6.54 Å². The molecule has 0 fully saturated rings. The molecule has 7 rings (SSSR count). The highest BCUT2D eigenvalue weighted by atomic mass is 32.1. The maximum absolute atomic E-state index is 2.39. The van der Waals surface area contributed by atoms with Crippen LogP contribution in [0, 0.1) is 0 Å². The predicted molar refractivity (Wildman–Crippen MR) is 169 cm³/mol. The Balaban J connectivity index is 1.21. The molecule has 0 saturated heterocycles. The molecule has 0 N–H and O–H groups in total. The van der Waals surface area contributed by atoms with Crippen molar-refractivity contribution in [1.82, 2.24) is 0 Å². The quantitative estimate of drug-likeness (QED) is 0.212. The van der Waals surface area contributed by atoms with Crippen LogP contribution in [0.3, 0.4) is 0 Å². The number of anilines is 2. The van der Waals surface area contributed by atoms with E-state index < -0.39 is 0 Å². The summed E-state index contributed by atoms with van der Waals surface area (Å²) in [5.41, 5.74) is 8.67. The van der Waals surface area contributed by atoms with E-state index in [1.165, 1.54) is 59.4 Å². The van der Waals surface area contributed by atoms with E-state index in [1.807, 2.05) is 11.3 Å². The zero-order valence-electron chi connectivity index (χ0n) is 21.5. The minimum atomic E-state index is 0.794. The van der Waals surface area contributed by atoms with Crippen molar-refractivity contribution in [2.75, 3.05) is 4.90 Å². The molecule has 0 radical (unpaired) electrons. The molecule has 6 aromatic carbocycles. The van der Waals surface area contributed by atoms with Crippen molar-refractivity contribution in [2.45, 2.75) is 6.54 Å². The molecule has 0 amide bonds. The molecule has 0 aliphatic heterocycles. The molecule has 0 unspecified atom stereocenters. The highest BCUT2D eigenvalue weighted by molar-refractivity contribution is 7.26. The third kappa shape index (κ3) is 4.60. The number of thiophene rings is 1. The number of benzene rings is 6. The molecule has 1 heterocycles. The highest BCUT2D eigenvalue weighted by Gasteiger charge is 2.13. The van der Waals surface area contributed by atoms with Gasteiger partial charge in [-0.15, -0.1) is 11.3 Å². The first kappa shape index (κ1) is 23.5. The average molecular weight is 518 g/mol. The Bertz CT molecular complexity index is 1850. The molecular weight excluding hydrogens is 490 g/mol. The van der Waals surface area contributed by atoms with E-state index in [9.17, 15) is 0 Å². The Kier molecular flexibility index (Phi) is 6.16. The summed E-state index contributed by atoms with van der Waals surface area (Å²) in [5.74, 6) is 0. The number of nitrogens with zero attached hydrogens (tertiary/aromatic N) is 1. The molecule has 0 atom stereocenters. The molecule has 39 heavy (non-hydrogen) atoms. The summed E-state index contributed by atoms with van der Waals surface area (Å²) < 4.78 is 2.70. The third-order valence-electron chi connectivity index (χ3n) is 7.36. The molecule has 7 aromatic rings. The number of para-hydroxylation sites is 1. The summed E-state index contributed by atoms with van der Waals surface area (Å²) in [5, 5.41) is 2.68. The Labute approximate surface area is 233 Å². The molecule has 0 bridgehead atoms. The predicted octanol–water partition coefficient (Wildman–Crippen LogP) is 10.7. The van der Waals surface area contributed by atoms with Gasteiger partial charge in [0.25, 0.3) is 0 Å². The fourth-order valence-electron chi connectivity index (χ4n) is 5.35. The smallest absolute Gasteiger partial charge is 0.0481 e. The standard InChI is InChI=1S/C37H27NS/c1-3-10-28(11-4-1)29-22-24-32(25-23-29)38(31-12-5-2-6-13-31)26-27-18-20-30(21-19-27)33-15-9-16-35-34-14-7-8-17-36(34)39-37(33)35/h1-25H,26H2. The lowest BCUT2D eigenvalue weighted by Crippen LogP contribution is -2.16. The van der Waals surface area contributed by atoms with Gasteiger partial charge in [0, 0.05) is 38.1 Å². The fourth-order valence-corrected chi connectivity index (χ4v) is 6.59. The molecule has 1 aromatic heterocycles. The highest BCUT2D eigenvalue weighted by Crippen LogP contribution is 2.40. The fraction of sp³-hybridized carbons (Fsp3) is 0.0270. The van der Waals surface area contributed by atoms with Gasteiger partial charge in [0.15, 0.2) is 0 Å². The number of hydrogen-bond donors (Lipinski definition) is 0. The summed E-state index contributed by atoms with van der Waals surface area (Å²) in [6, 6.07) is 54.6. The van der Waals surface area contributed by atoms with Crippen LogP contribution in [0.2, 0.25) is 0 Å². The lowest BCUT2D eigenvalue weighted by atomic mass is 10.0. The van der Waals surface area contributed by atoms with E-state index in [0.29, 0.717) is 0 Å². The number of hydrogen-bond acceptors (Lipinski definition) is 2. The third-order valence-corrected chi connectivity index (χ3v) is 8.58. The molecule has 2 heteroatoms. The van der Waals surface area contributed by atoms with Crippen LogP contribution < -0.4 is 4.90 Å². The molecule has 0 aliphatic rings. The SMILES string of the molecule is c1ccc(-c2ccc(N(Cc3ccc(-c4cccc5c4sc4ccccc45)cc3)c3ccccc3)cc2)cc1. The van der Waals surface area contributed by atoms with Crippen LogP contribution >= 0.6 is 11.3 Å². The zero-order chi connectivity index (χ0) is 26.0. The van der Waals surface area contributed by atoms with Gasteiger partial charge in [-0.2, -0.15) is 0 Å². The summed E-state index contributed by atoms with van der Waals surface area (Å²) >= 11 is 1.88. The first-order chi connectivity index (χ1) is 19.3. The molecule has 0 saturated carbocycles. The summed E-state index contributed by atoms with van der Waals surface area (Å²) in [7, 11) is 0. The van der Waals surface area contributed by atoms with Crippen LogP contribution in [0.5, 0.6) is 0 Å². The maximum Gasteiger partial charge on any atom is 0.0481 e. The van der Waals surface area contributed by atoms with Crippen LogP contribution in [0.25, 0.3) is 42.4 Å². The second-order valence-electron chi connectivity index (χ2n) is 9.81. The normalized spacial score (nSPS) is 11.2. The molecule has 1 nitrogen and oxygen atoms in total. The van der Waals surface area contributed by atoms with Crippen molar-refractivity contribution in [1.29, 1.82) is 0 Å². The van der Waals surface area contributed by atoms with E-state index >= 15 is 0 Å². The van der Waals surface area contributed by atoms with Gasteiger partial charge in [0.2, 0.25) is 0 Å². The zero-order valence-corrected chi connectivity index (χ0v) is 22.3. The Morgan fingerprint density at radius 1 is 0.436 bits per heavy atom. The number of rotatable bonds is 6. The second kappa shape index (κ2) is 10.2. The van der Waals surface area contributed by atoms with Crippen molar-refractivity contribution in [2.24, 2.45) is 0 Å². The summed E-state index contributed by atoms with van der Waals surface area (Å²) in [6.07, 6.45) is 0. The van der Waals surface area contributed by atoms with Gasteiger partial charge < -0.3 is 4.90 Å². The van der Waals surface area contributed by atoms with E-state index in [2.05, 4.69) is 157 Å². The van der Waals surface area contributed by atoms with Crippen LogP contribution in [-0.4, -0.2) is 0 Å². The second-order valence-corrected chi connectivity index (χ2v) is 10.9. The van der Waals surface area contributed by atoms with Crippen molar-refractivity contribution >= 4 is 42.9 Å². The first-order valence-corrected chi connectivity index (χ1v) is 14.1.